The van der Waals surface area contributed by atoms with Crippen LogP contribution in [0.1, 0.15) is 12.5 Å². The van der Waals surface area contributed by atoms with Gasteiger partial charge in [-0.3, -0.25) is 9.29 Å². The number of hydrogen-bond donors (Lipinski definition) is 0. The van der Waals surface area contributed by atoms with Crippen LogP contribution in [0.5, 0.6) is 11.5 Å². The number of aromatic nitrogens is 1. The number of hydrogen-bond acceptors (Lipinski definition) is 6. The number of anilines is 1. The van der Waals surface area contributed by atoms with Gasteiger partial charge in [0.1, 0.15) is 11.5 Å². The van der Waals surface area contributed by atoms with Crippen LogP contribution in [0.3, 0.4) is 0 Å². The van der Waals surface area contributed by atoms with E-state index < -0.39 is 19.9 Å². The zero-order valence-electron chi connectivity index (χ0n) is 16.6. The second-order valence-electron chi connectivity index (χ2n) is 6.61. The van der Waals surface area contributed by atoms with Gasteiger partial charge in [-0.15, -0.1) is 0 Å². The quantitative estimate of drug-likeness (QED) is 0.524. The van der Waals surface area contributed by atoms with E-state index in [9.17, 15) is 16.8 Å². The molecule has 0 bridgehead atoms. The first-order chi connectivity index (χ1) is 14.2. The lowest BCUT2D eigenvalue weighted by molar-refractivity contribution is 0.482. The zero-order chi connectivity index (χ0) is 21.8. The zero-order valence-corrected chi connectivity index (χ0v) is 18.2. The molecule has 0 aliphatic carbocycles. The molecule has 7 nitrogen and oxygen atoms in total. The van der Waals surface area contributed by atoms with E-state index in [0.29, 0.717) is 17.2 Å². The van der Waals surface area contributed by atoms with Crippen LogP contribution in [-0.4, -0.2) is 33.8 Å². The topological polar surface area (TPSA) is 93.6 Å². The Morgan fingerprint density at radius 1 is 0.900 bits per heavy atom. The van der Waals surface area contributed by atoms with Crippen LogP contribution in [0.2, 0.25) is 0 Å². The van der Waals surface area contributed by atoms with Crippen molar-refractivity contribution >= 4 is 25.5 Å². The minimum atomic E-state index is -3.49. The van der Waals surface area contributed by atoms with Gasteiger partial charge in [0.05, 0.1) is 22.9 Å². The molecular formula is C21H22N2O5S2. The van der Waals surface area contributed by atoms with Crippen LogP contribution in [0, 0.1) is 0 Å². The first kappa shape index (κ1) is 21.8. The van der Waals surface area contributed by atoms with Gasteiger partial charge in [-0.25, -0.2) is 16.8 Å². The molecular weight excluding hydrogens is 424 g/mol. The molecule has 1 heterocycles. The second-order valence-corrected chi connectivity index (χ2v) is 10.8. The van der Waals surface area contributed by atoms with Gasteiger partial charge in [-0.1, -0.05) is 6.07 Å². The fourth-order valence-corrected chi connectivity index (χ4v) is 4.47. The van der Waals surface area contributed by atoms with Crippen molar-refractivity contribution in [3.05, 3.63) is 78.6 Å². The van der Waals surface area contributed by atoms with Crippen molar-refractivity contribution < 1.29 is 21.6 Å². The minimum absolute atomic E-state index is 0.0296. The average Bonchev–Trinajstić information content (AvgIpc) is 2.73. The van der Waals surface area contributed by atoms with Crippen LogP contribution in [0.15, 0.2) is 78.0 Å². The summed E-state index contributed by atoms with van der Waals surface area (Å²) >= 11 is 0. The maximum absolute atomic E-state index is 12.6. The monoisotopic (exact) mass is 446 g/mol. The van der Waals surface area contributed by atoms with Gasteiger partial charge in [0, 0.05) is 18.6 Å². The highest BCUT2D eigenvalue weighted by Gasteiger charge is 2.21. The van der Waals surface area contributed by atoms with E-state index >= 15 is 0 Å². The Bertz CT molecular complexity index is 1190. The number of sulfone groups is 1. The van der Waals surface area contributed by atoms with Crippen LogP contribution in [0.25, 0.3) is 0 Å². The van der Waals surface area contributed by atoms with Crippen LogP contribution >= 0.6 is 0 Å². The third-order valence-electron chi connectivity index (χ3n) is 4.36. The first-order valence-electron chi connectivity index (χ1n) is 9.16. The average molecular weight is 447 g/mol. The van der Waals surface area contributed by atoms with Gasteiger partial charge in [0.2, 0.25) is 10.0 Å². The third kappa shape index (κ3) is 5.37. The Morgan fingerprint density at radius 3 is 2.00 bits per heavy atom. The molecule has 0 aliphatic heterocycles. The highest BCUT2D eigenvalue weighted by atomic mass is 32.2. The van der Waals surface area contributed by atoms with Crippen LogP contribution in [-0.2, 0) is 26.4 Å². The van der Waals surface area contributed by atoms with E-state index in [0.717, 1.165) is 11.8 Å². The summed E-state index contributed by atoms with van der Waals surface area (Å²) in [5.41, 5.74) is 1.29. The lowest BCUT2D eigenvalue weighted by Gasteiger charge is -2.24. The lowest BCUT2D eigenvalue weighted by atomic mass is 10.2. The minimum Gasteiger partial charge on any atom is -0.457 e. The Morgan fingerprint density at radius 2 is 1.50 bits per heavy atom. The standard InChI is InChI=1S/C21H22N2O5S2/c1-3-30(26,27)23(16-17-5-4-14-22-15-17)18-6-8-19(9-7-18)28-20-10-12-21(13-11-20)29(2,24)25/h4-15H,3,16H2,1-2H3. The predicted molar refractivity (Wildman–Crippen MR) is 116 cm³/mol. The van der Waals surface area contributed by atoms with Crippen molar-refractivity contribution in [2.45, 2.75) is 18.4 Å². The maximum Gasteiger partial charge on any atom is 0.235 e. The summed E-state index contributed by atoms with van der Waals surface area (Å²) < 4.78 is 55.4. The molecule has 9 heteroatoms. The van der Waals surface area contributed by atoms with Gasteiger partial charge < -0.3 is 4.74 Å². The Kier molecular flexibility index (Phi) is 6.42. The second kappa shape index (κ2) is 8.85. The van der Waals surface area contributed by atoms with Crippen molar-refractivity contribution in [1.29, 1.82) is 0 Å². The van der Waals surface area contributed by atoms with Crippen molar-refractivity contribution in [2.75, 3.05) is 16.3 Å². The molecule has 0 aliphatic rings. The molecule has 3 aromatic rings. The summed E-state index contributed by atoms with van der Waals surface area (Å²) in [5.74, 6) is 0.947. The van der Waals surface area contributed by atoms with E-state index in [2.05, 4.69) is 4.98 Å². The number of sulfonamides is 1. The Hall–Kier alpha value is -2.91. The molecule has 0 amide bonds. The summed E-state index contributed by atoms with van der Waals surface area (Å²) in [6.07, 6.45) is 4.41. The van der Waals surface area contributed by atoms with E-state index in [-0.39, 0.29) is 17.2 Å². The third-order valence-corrected chi connectivity index (χ3v) is 7.23. The smallest absolute Gasteiger partial charge is 0.235 e. The van der Waals surface area contributed by atoms with E-state index in [1.54, 1.807) is 61.8 Å². The molecule has 0 atom stereocenters. The molecule has 0 saturated carbocycles. The number of pyridine rings is 1. The van der Waals surface area contributed by atoms with Gasteiger partial charge in [-0.05, 0) is 67.1 Å². The van der Waals surface area contributed by atoms with Gasteiger partial charge in [0.25, 0.3) is 0 Å². The van der Waals surface area contributed by atoms with Crippen molar-refractivity contribution in [3.8, 4) is 11.5 Å². The lowest BCUT2D eigenvalue weighted by Crippen LogP contribution is -2.31. The van der Waals surface area contributed by atoms with Crippen molar-refractivity contribution in [3.63, 3.8) is 0 Å². The highest BCUT2D eigenvalue weighted by molar-refractivity contribution is 7.92. The van der Waals surface area contributed by atoms with Gasteiger partial charge >= 0.3 is 0 Å². The molecule has 2 aromatic carbocycles. The SMILES string of the molecule is CCS(=O)(=O)N(Cc1cccnc1)c1ccc(Oc2ccc(S(C)(=O)=O)cc2)cc1. The predicted octanol–water partition coefficient (Wildman–Crippen LogP) is 3.63. The molecule has 1 aromatic heterocycles. The molecule has 0 fully saturated rings. The van der Waals surface area contributed by atoms with Gasteiger partial charge in [0.15, 0.2) is 9.84 Å². The summed E-state index contributed by atoms with van der Waals surface area (Å²) in [4.78, 5) is 4.25. The van der Waals surface area contributed by atoms with E-state index in [1.807, 2.05) is 6.07 Å². The van der Waals surface area contributed by atoms with E-state index in [4.69, 9.17) is 4.74 Å². The molecule has 0 saturated heterocycles. The molecule has 0 radical (unpaired) electrons. The maximum atomic E-state index is 12.6. The number of rotatable bonds is 8. The number of benzene rings is 2. The molecule has 30 heavy (non-hydrogen) atoms. The summed E-state index contributed by atoms with van der Waals surface area (Å²) in [6.45, 7) is 1.78. The van der Waals surface area contributed by atoms with Gasteiger partial charge in [-0.2, -0.15) is 0 Å². The molecule has 158 valence electrons. The largest absolute Gasteiger partial charge is 0.457 e. The first-order valence-corrected chi connectivity index (χ1v) is 12.7. The van der Waals surface area contributed by atoms with E-state index in [1.165, 1.54) is 16.4 Å². The van der Waals surface area contributed by atoms with Crippen LogP contribution < -0.4 is 9.04 Å². The normalized spacial score (nSPS) is 11.8. The fraction of sp³-hybridized carbons (Fsp3) is 0.190. The molecule has 0 N–H and O–H groups in total. The summed E-state index contributed by atoms with van der Waals surface area (Å²) in [7, 11) is -6.77. The molecule has 0 unspecified atom stereocenters. The Labute approximate surface area is 176 Å². The molecule has 0 spiro atoms. The number of nitrogens with zero attached hydrogens (tertiary/aromatic N) is 2. The summed E-state index contributed by atoms with van der Waals surface area (Å²) in [5, 5.41) is 0. The van der Waals surface area contributed by atoms with Crippen molar-refractivity contribution in [1.82, 2.24) is 4.98 Å². The highest BCUT2D eigenvalue weighted by Crippen LogP contribution is 2.27. The fourth-order valence-electron chi connectivity index (χ4n) is 2.73. The van der Waals surface area contributed by atoms with Crippen molar-refractivity contribution in [2.24, 2.45) is 0 Å². The number of ether oxygens (including phenoxy) is 1. The Balaban J connectivity index is 1.81. The molecule has 3 rings (SSSR count). The van der Waals surface area contributed by atoms with Crippen LogP contribution in [0.4, 0.5) is 5.69 Å². The summed E-state index contributed by atoms with van der Waals surface area (Å²) in [6, 6.07) is 16.4.